The maximum Gasteiger partial charge on any atom is 0.260 e. The third-order valence-corrected chi connectivity index (χ3v) is 3.64. The standard InChI is InChI=1S/C15H21N3O3/c1-9(15(20)18-11-4-2-3-5-11)21-13-7-6-10(16)8-12(13)14(17)19/h6-9,11H,2-5,16H2,1H3,(H2,17,19)(H,18,20). The predicted molar refractivity (Wildman–Crippen MR) is 79.9 cm³/mol. The minimum atomic E-state index is -0.702. The minimum absolute atomic E-state index is 0.176. The van der Waals surface area contributed by atoms with Crippen LogP contribution in [0.15, 0.2) is 18.2 Å². The number of nitrogens with two attached hydrogens (primary N) is 2. The lowest BCUT2D eigenvalue weighted by atomic mass is 10.1. The SMILES string of the molecule is CC(Oc1ccc(N)cc1C(N)=O)C(=O)NC1CCCC1. The molecule has 0 radical (unpaired) electrons. The van der Waals surface area contributed by atoms with Crippen LogP contribution in [-0.4, -0.2) is 24.0 Å². The fourth-order valence-corrected chi connectivity index (χ4v) is 2.48. The Morgan fingerprint density at radius 1 is 1.33 bits per heavy atom. The summed E-state index contributed by atoms with van der Waals surface area (Å²) in [6, 6.07) is 4.82. The van der Waals surface area contributed by atoms with Gasteiger partial charge in [0.05, 0.1) is 5.56 Å². The second-order valence-electron chi connectivity index (χ2n) is 5.37. The molecule has 1 aromatic carbocycles. The van der Waals surface area contributed by atoms with Crippen molar-refractivity contribution in [3.63, 3.8) is 0 Å². The lowest BCUT2D eigenvalue weighted by Gasteiger charge is -2.19. The molecule has 5 N–H and O–H groups in total. The quantitative estimate of drug-likeness (QED) is 0.708. The van der Waals surface area contributed by atoms with Gasteiger partial charge in [-0.05, 0) is 38.0 Å². The monoisotopic (exact) mass is 291 g/mol. The largest absolute Gasteiger partial charge is 0.480 e. The van der Waals surface area contributed by atoms with Gasteiger partial charge in [0.25, 0.3) is 11.8 Å². The van der Waals surface area contributed by atoms with E-state index in [1.54, 1.807) is 19.1 Å². The zero-order valence-electron chi connectivity index (χ0n) is 12.1. The molecule has 1 aliphatic rings. The highest BCUT2D eigenvalue weighted by atomic mass is 16.5. The van der Waals surface area contributed by atoms with Crippen molar-refractivity contribution >= 4 is 17.5 Å². The van der Waals surface area contributed by atoms with Gasteiger partial charge in [-0.3, -0.25) is 9.59 Å². The zero-order valence-corrected chi connectivity index (χ0v) is 12.1. The molecule has 0 aromatic heterocycles. The van der Waals surface area contributed by atoms with Gasteiger partial charge in [-0.2, -0.15) is 0 Å². The maximum atomic E-state index is 12.1. The number of carbonyl (C=O) groups excluding carboxylic acids is 2. The number of hydrogen-bond donors (Lipinski definition) is 3. The van der Waals surface area contributed by atoms with E-state index < -0.39 is 12.0 Å². The van der Waals surface area contributed by atoms with Crippen LogP contribution in [-0.2, 0) is 4.79 Å². The molecular weight excluding hydrogens is 270 g/mol. The number of nitrogens with one attached hydrogen (secondary N) is 1. The Kier molecular flexibility index (Phi) is 4.67. The number of amides is 2. The highest BCUT2D eigenvalue weighted by Gasteiger charge is 2.22. The number of ether oxygens (including phenoxy) is 1. The number of nitrogen functional groups attached to an aromatic ring is 1. The maximum absolute atomic E-state index is 12.1. The Hall–Kier alpha value is -2.24. The van der Waals surface area contributed by atoms with Gasteiger partial charge < -0.3 is 21.5 Å². The number of benzene rings is 1. The van der Waals surface area contributed by atoms with Gasteiger partial charge >= 0.3 is 0 Å². The van der Waals surface area contributed by atoms with Crippen molar-refractivity contribution in [2.75, 3.05) is 5.73 Å². The normalized spacial score (nSPS) is 16.4. The van der Waals surface area contributed by atoms with Gasteiger partial charge in [0.1, 0.15) is 5.75 Å². The molecule has 1 aromatic rings. The molecule has 1 fully saturated rings. The highest BCUT2D eigenvalue weighted by Crippen LogP contribution is 2.23. The van der Waals surface area contributed by atoms with Crippen molar-refractivity contribution < 1.29 is 14.3 Å². The van der Waals surface area contributed by atoms with E-state index in [0.29, 0.717) is 5.69 Å². The molecule has 1 unspecified atom stereocenters. The summed E-state index contributed by atoms with van der Waals surface area (Å²) in [5.74, 6) is -0.555. The molecule has 21 heavy (non-hydrogen) atoms. The van der Waals surface area contributed by atoms with E-state index in [-0.39, 0.29) is 23.3 Å². The molecule has 1 atom stereocenters. The average Bonchev–Trinajstić information content (AvgIpc) is 2.93. The van der Waals surface area contributed by atoms with Crippen molar-refractivity contribution in [3.8, 4) is 5.75 Å². The number of anilines is 1. The van der Waals surface area contributed by atoms with Crippen LogP contribution < -0.4 is 21.5 Å². The van der Waals surface area contributed by atoms with Crippen LogP contribution in [0.1, 0.15) is 43.0 Å². The van der Waals surface area contributed by atoms with E-state index >= 15 is 0 Å². The summed E-state index contributed by atoms with van der Waals surface area (Å²) in [4.78, 5) is 23.5. The lowest BCUT2D eigenvalue weighted by Crippen LogP contribution is -2.41. The Morgan fingerprint density at radius 2 is 2.00 bits per heavy atom. The van der Waals surface area contributed by atoms with Gasteiger partial charge in [0.15, 0.2) is 6.10 Å². The number of carbonyl (C=O) groups is 2. The van der Waals surface area contributed by atoms with Crippen LogP contribution in [0.2, 0.25) is 0 Å². The Labute approximate surface area is 123 Å². The molecular formula is C15H21N3O3. The second kappa shape index (κ2) is 6.47. The summed E-state index contributed by atoms with van der Waals surface area (Å²) < 4.78 is 5.57. The van der Waals surface area contributed by atoms with Crippen molar-refractivity contribution in [2.45, 2.75) is 44.8 Å². The Morgan fingerprint density at radius 3 is 2.62 bits per heavy atom. The molecule has 1 aliphatic carbocycles. The summed E-state index contributed by atoms with van der Waals surface area (Å²) in [6.07, 6.45) is 3.60. The van der Waals surface area contributed by atoms with Gasteiger partial charge in [0.2, 0.25) is 0 Å². The molecule has 0 aliphatic heterocycles. The Bertz CT molecular complexity index is 539. The van der Waals surface area contributed by atoms with Gasteiger partial charge in [-0.15, -0.1) is 0 Å². The van der Waals surface area contributed by atoms with Crippen LogP contribution >= 0.6 is 0 Å². The number of hydrogen-bond acceptors (Lipinski definition) is 4. The van der Waals surface area contributed by atoms with E-state index in [4.69, 9.17) is 16.2 Å². The Balaban J connectivity index is 2.03. The summed E-state index contributed by atoms with van der Waals surface area (Å²) in [5, 5.41) is 2.95. The molecule has 2 amide bonds. The molecule has 114 valence electrons. The number of rotatable bonds is 5. The van der Waals surface area contributed by atoms with Gasteiger partial charge in [-0.25, -0.2) is 0 Å². The third kappa shape index (κ3) is 3.87. The smallest absolute Gasteiger partial charge is 0.260 e. The van der Waals surface area contributed by atoms with Crippen LogP contribution in [0.25, 0.3) is 0 Å². The molecule has 1 saturated carbocycles. The fraction of sp³-hybridized carbons (Fsp3) is 0.467. The molecule has 2 rings (SSSR count). The molecule has 0 spiro atoms. The average molecular weight is 291 g/mol. The zero-order chi connectivity index (χ0) is 15.4. The fourth-order valence-electron chi connectivity index (χ4n) is 2.48. The first-order valence-electron chi connectivity index (χ1n) is 7.13. The summed E-state index contributed by atoms with van der Waals surface area (Å²) >= 11 is 0. The van der Waals surface area contributed by atoms with Crippen molar-refractivity contribution in [1.82, 2.24) is 5.32 Å². The van der Waals surface area contributed by atoms with Gasteiger partial charge in [0, 0.05) is 11.7 Å². The summed E-state index contributed by atoms with van der Waals surface area (Å²) in [7, 11) is 0. The van der Waals surface area contributed by atoms with Crippen molar-refractivity contribution in [1.29, 1.82) is 0 Å². The first kappa shape index (κ1) is 15.2. The van der Waals surface area contributed by atoms with E-state index in [1.165, 1.54) is 6.07 Å². The van der Waals surface area contributed by atoms with Crippen LogP contribution in [0, 0.1) is 0 Å². The van der Waals surface area contributed by atoms with Crippen LogP contribution in [0.5, 0.6) is 5.75 Å². The molecule has 0 saturated heterocycles. The summed E-state index contributed by atoms with van der Waals surface area (Å²) in [5.41, 5.74) is 11.5. The van der Waals surface area contributed by atoms with Crippen molar-refractivity contribution in [2.24, 2.45) is 5.73 Å². The first-order chi connectivity index (χ1) is 9.97. The number of primary amides is 1. The molecule has 6 heteroatoms. The van der Waals surface area contributed by atoms with E-state index in [0.717, 1.165) is 25.7 Å². The molecule has 0 bridgehead atoms. The lowest BCUT2D eigenvalue weighted by molar-refractivity contribution is -0.127. The second-order valence-corrected chi connectivity index (χ2v) is 5.37. The molecule has 6 nitrogen and oxygen atoms in total. The van der Waals surface area contributed by atoms with Crippen LogP contribution in [0.3, 0.4) is 0 Å². The van der Waals surface area contributed by atoms with E-state index in [1.807, 2.05) is 0 Å². The topological polar surface area (TPSA) is 107 Å². The first-order valence-corrected chi connectivity index (χ1v) is 7.13. The summed E-state index contributed by atoms with van der Waals surface area (Å²) in [6.45, 7) is 1.64. The third-order valence-electron chi connectivity index (χ3n) is 3.64. The predicted octanol–water partition coefficient (Wildman–Crippen LogP) is 1.19. The van der Waals surface area contributed by atoms with E-state index in [9.17, 15) is 9.59 Å². The van der Waals surface area contributed by atoms with Gasteiger partial charge in [-0.1, -0.05) is 12.8 Å². The van der Waals surface area contributed by atoms with Crippen LogP contribution in [0.4, 0.5) is 5.69 Å². The minimum Gasteiger partial charge on any atom is -0.480 e. The molecule has 0 heterocycles. The van der Waals surface area contributed by atoms with Crippen molar-refractivity contribution in [3.05, 3.63) is 23.8 Å². The highest BCUT2D eigenvalue weighted by molar-refractivity contribution is 5.96. The van der Waals surface area contributed by atoms with E-state index in [2.05, 4.69) is 5.32 Å².